The summed E-state index contributed by atoms with van der Waals surface area (Å²) in [6.45, 7) is 1.48. The normalized spacial score (nSPS) is 11.0. The van der Waals surface area contributed by atoms with Crippen molar-refractivity contribution in [2.75, 3.05) is 7.11 Å². The summed E-state index contributed by atoms with van der Waals surface area (Å²) < 4.78 is 7.49. The number of hydrogen-bond donors (Lipinski definition) is 1. The van der Waals surface area contributed by atoms with Crippen LogP contribution in [-0.4, -0.2) is 16.7 Å². The summed E-state index contributed by atoms with van der Waals surface area (Å²) in [5.41, 5.74) is 3.35. The Morgan fingerprint density at radius 3 is 2.62 bits per heavy atom. The number of aromatic nitrogens is 2. The topological polar surface area (TPSA) is 39.1 Å². The smallest absolute Gasteiger partial charge is 0.123 e. The molecule has 3 rings (SSSR count). The maximum absolute atomic E-state index is 5.36. The Balaban J connectivity index is 1.71. The van der Waals surface area contributed by atoms with Gasteiger partial charge in [-0.1, -0.05) is 30.3 Å². The maximum atomic E-state index is 5.36. The van der Waals surface area contributed by atoms with Crippen LogP contribution in [0.4, 0.5) is 0 Å². The van der Waals surface area contributed by atoms with Gasteiger partial charge in [0, 0.05) is 19.2 Å². The third kappa shape index (κ3) is 2.76. The van der Waals surface area contributed by atoms with Crippen LogP contribution in [0.15, 0.2) is 48.5 Å². The van der Waals surface area contributed by atoms with Gasteiger partial charge in [-0.3, -0.25) is 0 Å². The number of nitrogens with one attached hydrogen (secondary N) is 1. The van der Waals surface area contributed by atoms with Crippen LogP contribution in [0.3, 0.4) is 0 Å². The second kappa shape index (κ2) is 5.97. The van der Waals surface area contributed by atoms with Crippen LogP contribution >= 0.6 is 0 Å². The highest BCUT2D eigenvalue weighted by Gasteiger charge is 2.07. The number of aryl methyl sites for hydroxylation is 1. The number of imidazole rings is 1. The minimum Gasteiger partial charge on any atom is -0.496 e. The number of fused-ring (bicyclic) bond motifs is 1. The number of benzene rings is 2. The molecule has 0 atom stereocenters. The lowest BCUT2D eigenvalue weighted by Crippen LogP contribution is -2.16. The van der Waals surface area contributed by atoms with Crippen LogP contribution in [0.2, 0.25) is 0 Å². The third-order valence-electron chi connectivity index (χ3n) is 3.67. The van der Waals surface area contributed by atoms with E-state index in [0.29, 0.717) is 0 Å². The van der Waals surface area contributed by atoms with Gasteiger partial charge in [-0.25, -0.2) is 4.98 Å². The maximum Gasteiger partial charge on any atom is 0.123 e. The fraction of sp³-hybridized carbons (Fsp3) is 0.235. The van der Waals surface area contributed by atoms with Crippen molar-refractivity contribution in [3.63, 3.8) is 0 Å². The molecule has 21 heavy (non-hydrogen) atoms. The van der Waals surface area contributed by atoms with Gasteiger partial charge >= 0.3 is 0 Å². The minimum absolute atomic E-state index is 0.725. The molecule has 1 heterocycles. The molecule has 0 bridgehead atoms. The van der Waals surface area contributed by atoms with Gasteiger partial charge in [0.15, 0.2) is 0 Å². The van der Waals surface area contributed by atoms with Gasteiger partial charge in [0.05, 0.1) is 24.7 Å². The standard InChI is InChI=1S/C17H19N3O/c1-20-15-9-5-4-8-14(15)19-17(20)12-18-11-13-7-3-6-10-16(13)21-2/h3-10,18H,11-12H2,1-2H3. The molecule has 0 aliphatic heterocycles. The van der Waals surface area contributed by atoms with Crippen molar-refractivity contribution in [3.8, 4) is 5.75 Å². The van der Waals surface area contributed by atoms with E-state index in [-0.39, 0.29) is 0 Å². The highest BCUT2D eigenvalue weighted by Crippen LogP contribution is 2.17. The van der Waals surface area contributed by atoms with E-state index in [4.69, 9.17) is 4.74 Å². The van der Waals surface area contributed by atoms with E-state index in [1.165, 1.54) is 0 Å². The van der Waals surface area contributed by atoms with E-state index in [2.05, 4.69) is 34.0 Å². The summed E-state index contributed by atoms with van der Waals surface area (Å²) in [4.78, 5) is 4.66. The predicted molar refractivity (Wildman–Crippen MR) is 84.3 cm³/mol. The quantitative estimate of drug-likeness (QED) is 0.781. The van der Waals surface area contributed by atoms with Crippen molar-refractivity contribution in [1.29, 1.82) is 0 Å². The number of methoxy groups -OCH3 is 1. The summed E-state index contributed by atoms with van der Waals surface area (Å²) >= 11 is 0. The van der Waals surface area contributed by atoms with Crippen molar-refractivity contribution in [3.05, 3.63) is 59.9 Å². The zero-order chi connectivity index (χ0) is 14.7. The molecule has 0 radical (unpaired) electrons. The minimum atomic E-state index is 0.725. The molecule has 1 N–H and O–H groups in total. The summed E-state index contributed by atoms with van der Waals surface area (Å²) in [7, 11) is 3.75. The van der Waals surface area contributed by atoms with E-state index in [1.807, 2.05) is 36.4 Å². The Morgan fingerprint density at radius 2 is 1.81 bits per heavy atom. The van der Waals surface area contributed by atoms with Crippen LogP contribution in [0.25, 0.3) is 11.0 Å². The molecule has 1 aromatic heterocycles. The lowest BCUT2D eigenvalue weighted by molar-refractivity contribution is 0.407. The first-order valence-electron chi connectivity index (χ1n) is 7.02. The molecule has 4 heteroatoms. The van der Waals surface area contributed by atoms with Crippen LogP contribution in [-0.2, 0) is 20.1 Å². The highest BCUT2D eigenvalue weighted by molar-refractivity contribution is 5.75. The summed E-state index contributed by atoms with van der Waals surface area (Å²) in [5, 5.41) is 3.43. The molecule has 0 saturated carbocycles. The first kappa shape index (κ1) is 13.6. The first-order valence-corrected chi connectivity index (χ1v) is 7.02. The average molecular weight is 281 g/mol. The van der Waals surface area contributed by atoms with Crippen LogP contribution < -0.4 is 10.1 Å². The summed E-state index contributed by atoms with van der Waals surface area (Å²) in [6.07, 6.45) is 0. The predicted octanol–water partition coefficient (Wildman–Crippen LogP) is 2.87. The van der Waals surface area contributed by atoms with Gasteiger partial charge in [0.25, 0.3) is 0 Å². The van der Waals surface area contributed by atoms with E-state index < -0.39 is 0 Å². The number of hydrogen-bond acceptors (Lipinski definition) is 3. The third-order valence-corrected chi connectivity index (χ3v) is 3.67. The Labute approximate surface area is 124 Å². The molecule has 0 saturated heterocycles. The van der Waals surface area contributed by atoms with Gasteiger partial charge in [-0.15, -0.1) is 0 Å². The molecule has 4 nitrogen and oxygen atoms in total. The zero-order valence-electron chi connectivity index (χ0n) is 12.3. The molecule has 108 valence electrons. The molecule has 3 aromatic rings. The first-order chi connectivity index (χ1) is 10.3. The van der Waals surface area contributed by atoms with Crippen molar-refractivity contribution < 1.29 is 4.74 Å². The molecular formula is C17H19N3O. The summed E-state index contributed by atoms with van der Waals surface area (Å²) in [6, 6.07) is 16.2. The zero-order valence-corrected chi connectivity index (χ0v) is 12.3. The van der Waals surface area contributed by atoms with Crippen LogP contribution in [0, 0.1) is 0 Å². The van der Waals surface area contributed by atoms with Crippen LogP contribution in [0.1, 0.15) is 11.4 Å². The molecule has 0 spiro atoms. The van der Waals surface area contributed by atoms with Gasteiger partial charge in [-0.2, -0.15) is 0 Å². The van der Waals surface area contributed by atoms with Crippen molar-refractivity contribution in [1.82, 2.24) is 14.9 Å². The largest absolute Gasteiger partial charge is 0.496 e. The Morgan fingerprint density at radius 1 is 1.05 bits per heavy atom. The Bertz CT molecular complexity index is 749. The highest BCUT2D eigenvalue weighted by atomic mass is 16.5. The second-order valence-electron chi connectivity index (χ2n) is 4.99. The van der Waals surface area contributed by atoms with Gasteiger partial charge < -0.3 is 14.6 Å². The van der Waals surface area contributed by atoms with E-state index in [1.54, 1.807) is 7.11 Å². The second-order valence-corrected chi connectivity index (χ2v) is 4.99. The number of nitrogens with zero attached hydrogens (tertiary/aromatic N) is 2. The van der Waals surface area contributed by atoms with Gasteiger partial charge in [-0.05, 0) is 18.2 Å². The van der Waals surface area contributed by atoms with Crippen molar-refractivity contribution in [2.24, 2.45) is 7.05 Å². The number of ether oxygens (including phenoxy) is 1. The molecular weight excluding hydrogens is 262 g/mol. The lowest BCUT2D eigenvalue weighted by atomic mass is 10.2. The molecule has 0 aliphatic rings. The Kier molecular flexibility index (Phi) is 3.88. The SMILES string of the molecule is COc1ccccc1CNCc1nc2ccccc2n1C. The monoisotopic (exact) mass is 281 g/mol. The molecule has 0 aliphatic carbocycles. The van der Waals surface area contributed by atoms with Gasteiger partial charge in [0.1, 0.15) is 11.6 Å². The number of rotatable bonds is 5. The number of para-hydroxylation sites is 3. The molecule has 0 amide bonds. The fourth-order valence-corrected chi connectivity index (χ4v) is 2.51. The summed E-state index contributed by atoms with van der Waals surface area (Å²) in [5.74, 6) is 1.95. The van der Waals surface area contributed by atoms with E-state index in [0.717, 1.165) is 41.3 Å². The average Bonchev–Trinajstić information content (AvgIpc) is 2.85. The molecule has 0 unspecified atom stereocenters. The van der Waals surface area contributed by atoms with Crippen molar-refractivity contribution in [2.45, 2.75) is 13.1 Å². The lowest BCUT2D eigenvalue weighted by Gasteiger charge is -2.09. The molecule has 0 fully saturated rings. The molecule has 2 aromatic carbocycles. The van der Waals surface area contributed by atoms with E-state index >= 15 is 0 Å². The van der Waals surface area contributed by atoms with Crippen molar-refractivity contribution >= 4 is 11.0 Å². The van der Waals surface area contributed by atoms with Crippen LogP contribution in [0.5, 0.6) is 5.75 Å². The Hall–Kier alpha value is -2.33. The van der Waals surface area contributed by atoms with E-state index in [9.17, 15) is 0 Å². The van der Waals surface area contributed by atoms with Gasteiger partial charge in [0.2, 0.25) is 0 Å². The fourth-order valence-electron chi connectivity index (χ4n) is 2.51.